The Bertz CT molecular complexity index is 391. The molecule has 17 heavy (non-hydrogen) atoms. The van der Waals surface area contributed by atoms with E-state index in [0.29, 0.717) is 18.8 Å². The van der Waals surface area contributed by atoms with Crippen LogP contribution in [0.4, 0.5) is 5.69 Å². The van der Waals surface area contributed by atoms with Crippen LogP contribution < -0.4 is 4.90 Å². The molecule has 1 fully saturated rings. The minimum atomic E-state index is 0.156. The topological polar surface area (TPSA) is 40.5 Å². The van der Waals surface area contributed by atoms with Gasteiger partial charge >= 0.3 is 0 Å². The molecule has 4 heteroatoms. The molecule has 2 rings (SSSR count). The van der Waals surface area contributed by atoms with Gasteiger partial charge in [-0.05, 0) is 35.8 Å². The molecule has 0 spiro atoms. The van der Waals surface area contributed by atoms with Crippen molar-refractivity contribution in [1.82, 2.24) is 0 Å². The Kier molecular flexibility index (Phi) is 4.07. The number of thiol groups is 1. The molecule has 0 aromatic heterocycles. The van der Waals surface area contributed by atoms with Crippen molar-refractivity contribution in [3.8, 4) is 0 Å². The van der Waals surface area contributed by atoms with Crippen LogP contribution in [-0.2, 0) is 11.2 Å². The van der Waals surface area contributed by atoms with E-state index in [4.69, 9.17) is 5.11 Å². The Morgan fingerprint density at radius 2 is 2.06 bits per heavy atom. The van der Waals surface area contributed by atoms with Crippen LogP contribution >= 0.6 is 12.6 Å². The zero-order chi connectivity index (χ0) is 12.3. The third kappa shape index (κ3) is 2.82. The number of amides is 1. The average Bonchev–Trinajstić information content (AvgIpc) is 2.72. The minimum Gasteiger partial charge on any atom is -0.396 e. The van der Waals surface area contributed by atoms with Gasteiger partial charge in [0.15, 0.2) is 0 Å². The van der Waals surface area contributed by atoms with Gasteiger partial charge in [0.2, 0.25) is 5.91 Å². The van der Waals surface area contributed by atoms with E-state index in [0.717, 1.165) is 23.5 Å². The second kappa shape index (κ2) is 5.56. The van der Waals surface area contributed by atoms with Crippen LogP contribution in [0.15, 0.2) is 24.3 Å². The number of hydrogen-bond donors (Lipinski definition) is 2. The molecule has 1 atom stereocenters. The van der Waals surface area contributed by atoms with E-state index in [1.165, 1.54) is 0 Å². The predicted octanol–water partition coefficient (Wildman–Crippen LogP) is 1.50. The van der Waals surface area contributed by atoms with E-state index >= 15 is 0 Å². The molecule has 92 valence electrons. The van der Waals surface area contributed by atoms with E-state index in [9.17, 15) is 4.79 Å². The Morgan fingerprint density at radius 3 is 2.59 bits per heavy atom. The molecule has 0 radical (unpaired) electrons. The summed E-state index contributed by atoms with van der Waals surface area (Å²) >= 11 is 4.25. The maximum atomic E-state index is 11.8. The molecule has 0 saturated carbocycles. The van der Waals surface area contributed by atoms with Crippen molar-refractivity contribution in [3.63, 3.8) is 0 Å². The van der Waals surface area contributed by atoms with E-state index in [1.54, 1.807) is 0 Å². The summed E-state index contributed by atoms with van der Waals surface area (Å²) in [7, 11) is 0. The summed E-state index contributed by atoms with van der Waals surface area (Å²) in [5, 5.41) is 8.84. The maximum Gasteiger partial charge on any atom is 0.227 e. The van der Waals surface area contributed by atoms with Crippen molar-refractivity contribution in [3.05, 3.63) is 29.8 Å². The lowest BCUT2D eigenvalue weighted by Gasteiger charge is -2.16. The molecule has 1 aliphatic heterocycles. The highest BCUT2D eigenvalue weighted by atomic mass is 32.1. The van der Waals surface area contributed by atoms with Gasteiger partial charge in [0, 0.05) is 25.3 Å². The Hall–Kier alpha value is -1.00. The third-order valence-corrected chi connectivity index (χ3v) is 3.63. The van der Waals surface area contributed by atoms with E-state index < -0.39 is 0 Å². The van der Waals surface area contributed by atoms with E-state index in [2.05, 4.69) is 12.6 Å². The standard InChI is InChI=1S/C13H17NO2S/c15-6-5-10-1-3-12(4-2-10)14-8-11(9-17)7-13(14)16/h1-4,11,15,17H,5-9H2. The summed E-state index contributed by atoms with van der Waals surface area (Å²) in [6.45, 7) is 0.922. The molecule has 1 heterocycles. The number of aliphatic hydroxyl groups is 1. The van der Waals surface area contributed by atoms with Gasteiger partial charge in [0.05, 0.1) is 0 Å². The average molecular weight is 251 g/mol. The Balaban J connectivity index is 2.09. The van der Waals surface area contributed by atoms with Gasteiger partial charge in [-0.2, -0.15) is 12.6 Å². The smallest absolute Gasteiger partial charge is 0.227 e. The van der Waals surface area contributed by atoms with Crippen LogP contribution in [0.5, 0.6) is 0 Å². The second-order valence-corrected chi connectivity index (χ2v) is 4.76. The molecular formula is C13H17NO2S. The van der Waals surface area contributed by atoms with Crippen molar-refractivity contribution < 1.29 is 9.90 Å². The second-order valence-electron chi connectivity index (χ2n) is 4.40. The SMILES string of the molecule is O=C1CC(CS)CN1c1ccc(CCO)cc1. The number of carbonyl (C=O) groups excluding carboxylic acids is 1. The molecule has 0 bridgehead atoms. The lowest BCUT2D eigenvalue weighted by atomic mass is 10.1. The number of carbonyl (C=O) groups is 1. The highest BCUT2D eigenvalue weighted by Crippen LogP contribution is 2.25. The van der Waals surface area contributed by atoms with Crippen LogP contribution in [0, 0.1) is 5.92 Å². The van der Waals surface area contributed by atoms with Crippen LogP contribution in [0.3, 0.4) is 0 Å². The number of anilines is 1. The van der Waals surface area contributed by atoms with Crippen LogP contribution in [-0.4, -0.2) is 29.9 Å². The van der Waals surface area contributed by atoms with Crippen molar-refractivity contribution in [2.24, 2.45) is 5.92 Å². The van der Waals surface area contributed by atoms with Gasteiger partial charge in [-0.1, -0.05) is 12.1 Å². The fraction of sp³-hybridized carbons (Fsp3) is 0.462. The maximum absolute atomic E-state index is 11.8. The zero-order valence-corrected chi connectivity index (χ0v) is 10.6. The van der Waals surface area contributed by atoms with Crippen LogP contribution in [0.25, 0.3) is 0 Å². The molecule has 1 aromatic rings. The van der Waals surface area contributed by atoms with Gasteiger partial charge in [0.25, 0.3) is 0 Å². The quantitative estimate of drug-likeness (QED) is 0.796. The zero-order valence-electron chi connectivity index (χ0n) is 9.67. The summed E-state index contributed by atoms with van der Waals surface area (Å²) in [4.78, 5) is 13.6. The van der Waals surface area contributed by atoms with Gasteiger partial charge in [-0.3, -0.25) is 4.79 Å². The monoisotopic (exact) mass is 251 g/mol. The summed E-state index contributed by atoms with van der Waals surface area (Å²) in [6, 6.07) is 7.83. The van der Waals surface area contributed by atoms with E-state index in [-0.39, 0.29) is 12.5 Å². The first-order chi connectivity index (χ1) is 8.24. The van der Waals surface area contributed by atoms with Gasteiger partial charge in [-0.25, -0.2) is 0 Å². The van der Waals surface area contributed by atoms with Crippen molar-refractivity contribution in [2.75, 3.05) is 23.8 Å². The highest BCUT2D eigenvalue weighted by Gasteiger charge is 2.29. The molecule has 1 saturated heterocycles. The van der Waals surface area contributed by atoms with Crippen molar-refractivity contribution in [1.29, 1.82) is 0 Å². The van der Waals surface area contributed by atoms with Gasteiger partial charge in [-0.15, -0.1) is 0 Å². The molecule has 1 aromatic carbocycles. The first-order valence-corrected chi connectivity index (χ1v) is 6.49. The largest absolute Gasteiger partial charge is 0.396 e. The number of nitrogens with zero attached hydrogens (tertiary/aromatic N) is 1. The number of aliphatic hydroxyl groups excluding tert-OH is 1. The molecule has 0 aliphatic carbocycles. The van der Waals surface area contributed by atoms with Crippen molar-refractivity contribution in [2.45, 2.75) is 12.8 Å². The fourth-order valence-electron chi connectivity index (χ4n) is 2.13. The van der Waals surface area contributed by atoms with Crippen molar-refractivity contribution >= 4 is 24.2 Å². The lowest BCUT2D eigenvalue weighted by Crippen LogP contribution is -2.24. The van der Waals surface area contributed by atoms with Gasteiger partial charge in [0.1, 0.15) is 0 Å². The molecular weight excluding hydrogens is 234 g/mol. The number of benzene rings is 1. The highest BCUT2D eigenvalue weighted by molar-refractivity contribution is 7.80. The number of hydrogen-bond acceptors (Lipinski definition) is 3. The minimum absolute atomic E-state index is 0.156. The normalized spacial score (nSPS) is 20.0. The number of rotatable bonds is 4. The lowest BCUT2D eigenvalue weighted by molar-refractivity contribution is -0.117. The summed E-state index contributed by atoms with van der Waals surface area (Å²) < 4.78 is 0. The van der Waals surface area contributed by atoms with E-state index in [1.807, 2.05) is 29.2 Å². The first-order valence-electron chi connectivity index (χ1n) is 5.85. The Morgan fingerprint density at radius 1 is 1.35 bits per heavy atom. The first kappa shape index (κ1) is 12.5. The molecule has 1 unspecified atom stereocenters. The summed E-state index contributed by atoms with van der Waals surface area (Å²) in [5.41, 5.74) is 2.04. The van der Waals surface area contributed by atoms with Crippen LogP contribution in [0.1, 0.15) is 12.0 Å². The third-order valence-electron chi connectivity index (χ3n) is 3.11. The molecule has 1 N–H and O–H groups in total. The summed E-state index contributed by atoms with van der Waals surface area (Å²) in [5.74, 6) is 1.30. The van der Waals surface area contributed by atoms with Crippen LogP contribution in [0.2, 0.25) is 0 Å². The summed E-state index contributed by atoms with van der Waals surface area (Å²) in [6.07, 6.45) is 1.26. The molecule has 1 amide bonds. The van der Waals surface area contributed by atoms with Gasteiger partial charge < -0.3 is 10.0 Å². The Labute approximate surface area is 107 Å². The predicted molar refractivity (Wildman–Crippen MR) is 71.5 cm³/mol. The fourth-order valence-corrected chi connectivity index (χ4v) is 2.37. The molecule has 1 aliphatic rings. The molecule has 3 nitrogen and oxygen atoms in total.